The van der Waals surface area contributed by atoms with Crippen molar-refractivity contribution < 1.29 is 14.3 Å². The number of amides is 2. The molecule has 1 aromatic rings. The maximum atomic E-state index is 12.2. The van der Waals surface area contributed by atoms with Crippen LogP contribution in [0.3, 0.4) is 0 Å². The quantitative estimate of drug-likeness (QED) is 0.845. The first-order valence-electron chi connectivity index (χ1n) is 9.07. The Balaban J connectivity index is 1.42. The summed E-state index contributed by atoms with van der Waals surface area (Å²) >= 11 is 0. The van der Waals surface area contributed by atoms with Gasteiger partial charge in [-0.05, 0) is 44.7 Å². The molecule has 136 valence electrons. The van der Waals surface area contributed by atoms with Crippen LogP contribution in [-0.4, -0.2) is 59.7 Å². The van der Waals surface area contributed by atoms with Gasteiger partial charge in [0.2, 0.25) is 0 Å². The molecule has 0 bridgehead atoms. The van der Waals surface area contributed by atoms with Crippen LogP contribution in [0.4, 0.5) is 4.79 Å². The molecular formula is C18H26N4O3. The summed E-state index contributed by atoms with van der Waals surface area (Å²) in [5, 5.41) is 6.71. The summed E-state index contributed by atoms with van der Waals surface area (Å²) in [6, 6.07) is 6.17. The molecule has 2 fully saturated rings. The van der Waals surface area contributed by atoms with Crippen LogP contribution in [0.1, 0.15) is 43.1 Å². The number of likely N-dealkylation sites (tertiary alicyclic amines) is 1. The summed E-state index contributed by atoms with van der Waals surface area (Å²) in [5.74, 6) is -0.116. The maximum Gasteiger partial charge on any atom is 0.409 e. The van der Waals surface area contributed by atoms with Gasteiger partial charge in [-0.2, -0.15) is 0 Å². The molecule has 2 N–H and O–H groups in total. The van der Waals surface area contributed by atoms with Crippen molar-refractivity contribution in [3.63, 3.8) is 0 Å². The molecule has 0 radical (unpaired) electrons. The van der Waals surface area contributed by atoms with Gasteiger partial charge in [0.15, 0.2) is 0 Å². The van der Waals surface area contributed by atoms with Gasteiger partial charge < -0.3 is 20.3 Å². The molecule has 0 spiro atoms. The van der Waals surface area contributed by atoms with Crippen molar-refractivity contribution in [3.05, 3.63) is 30.1 Å². The normalized spacial score (nSPS) is 23.6. The number of rotatable bonds is 5. The predicted octanol–water partition coefficient (Wildman–Crippen LogP) is 1.55. The van der Waals surface area contributed by atoms with E-state index in [4.69, 9.17) is 4.74 Å². The summed E-state index contributed by atoms with van der Waals surface area (Å²) in [5.41, 5.74) is 0.455. The van der Waals surface area contributed by atoms with Crippen molar-refractivity contribution in [2.45, 2.75) is 50.7 Å². The summed E-state index contributed by atoms with van der Waals surface area (Å²) in [4.78, 5) is 29.8. The number of pyridine rings is 1. The third-order valence-electron chi connectivity index (χ3n) is 4.96. The lowest BCUT2D eigenvalue weighted by Gasteiger charge is -2.42. The van der Waals surface area contributed by atoms with Crippen LogP contribution < -0.4 is 10.6 Å². The summed E-state index contributed by atoms with van der Waals surface area (Å²) in [6.45, 7) is 3.67. The topological polar surface area (TPSA) is 83.6 Å². The molecule has 2 aliphatic rings. The Kier molecular flexibility index (Phi) is 5.86. The van der Waals surface area contributed by atoms with Gasteiger partial charge in [0.05, 0.1) is 6.61 Å². The lowest BCUT2D eigenvalue weighted by Crippen LogP contribution is -2.60. The Morgan fingerprint density at radius 2 is 1.96 bits per heavy atom. The minimum absolute atomic E-state index is 0.116. The number of piperidine rings is 1. The summed E-state index contributed by atoms with van der Waals surface area (Å²) < 4.78 is 5.05. The molecule has 2 heterocycles. The second-order valence-corrected chi connectivity index (χ2v) is 6.61. The molecule has 7 heteroatoms. The van der Waals surface area contributed by atoms with Crippen molar-refractivity contribution in [1.82, 2.24) is 20.5 Å². The Hall–Kier alpha value is -2.15. The molecule has 1 saturated heterocycles. The largest absolute Gasteiger partial charge is 0.450 e. The molecule has 2 atom stereocenters. The highest BCUT2D eigenvalue weighted by Gasteiger charge is 2.35. The molecule has 3 rings (SSSR count). The zero-order valence-electron chi connectivity index (χ0n) is 14.6. The van der Waals surface area contributed by atoms with Gasteiger partial charge in [-0.25, -0.2) is 4.79 Å². The summed E-state index contributed by atoms with van der Waals surface area (Å²) in [6.07, 6.45) is 5.28. The van der Waals surface area contributed by atoms with Crippen LogP contribution in [0.25, 0.3) is 0 Å². The van der Waals surface area contributed by atoms with Crippen LogP contribution in [0.2, 0.25) is 0 Å². The van der Waals surface area contributed by atoms with E-state index in [1.165, 1.54) is 0 Å². The van der Waals surface area contributed by atoms with E-state index in [1.807, 2.05) is 13.0 Å². The Morgan fingerprint density at radius 3 is 2.56 bits per heavy atom. The van der Waals surface area contributed by atoms with Crippen molar-refractivity contribution in [2.24, 2.45) is 0 Å². The fourth-order valence-corrected chi connectivity index (χ4v) is 3.36. The number of aromatic nitrogens is 1. The van der Waals surface area contributed by atoms with Gasteiger partial charge in [-0.3, -0.25) is 9.78 Å². The third-order valence-corrected chi connectivity index (χ3v) is 4.96. The number of nitrogens with zero attached hydrogens (tertiary/aromatic N) is 2. The van der Waals surface area contributed by atoms with Crippen LogP contribution in [-0.2, 0) is 4.74 Å². The van der Waals surface area contributed by atoms with E-state index in [0.717, 1.165) is 25.7 Å². The minimum Gasteiger partial charge on any atom is -0.450 e. The number of carbonyl (C=O) groups is 2. The molecule has 2 amide bonds. The first-order valence-corrected chi connectivity index (χ1v) is 9.07. The van der Waals surface area contributed by atoms with Gasteiger partial charge in [0.25, 0.3) is 5.91 Å². The van der Waals surface area contributed by atoms with Crippen LogP contribution in [0, 0.1) is 0 Å². The first-order chi connectivity index (χ1) is 12.2. The maximum absolute atomic E-state index is 12.2. The average molecular weight is 346 g/mol. The Bertz CT molecular complexity index is 587. The zero-order valence-corrected chi connectivity index (χ0v) is 14.6. The van der Waals surface area contributed by atoms with E-state index in [1.54, 1.807) is 23.2 Å². The van der Waals surface area contributed by atoms with E-state index in [9.17, 15) is 9.59 Å². The second-order valence-electron chi connectivity index (χ2n) is 6.61. The molecular weight excluding hydrogens is 320 g/mol. The number of hydrogen-bond acceptors (Lipinski definition) is 5. The fraction of sp³-hybridized carbons (Fsp3) is 0.611. The zero-order chi connectivity index (χ0) is 17.6. The third kappa shape index (κ3) is 4.48. The molecule has 0 unspecified atom stereocenters. The summed E-state index contributed by atoms with van der Waals surface area (Å²) in [7, 11) is 0. The number of hydrogen-bond donors (Lipinski definition) is 2. The molecule has 7 nitrogen and oxygen atoms in total. The highest BCUT2D eigenvalue weighted by Crippen LogP contribution is 2.23. The average Bonchev–Trinajstić information content (AvgIpc) is 2.64. The molecule has 25 heavy (non-hydrogen) atoms. The van der Waals surface area contributed by atoms with Gasteiger partial charge in [0, 0.05) is 37.4 Å². The standard InChI is InChI=1S/C18H26N4O3/c1-2-25-18(24)22-11-8-13(9-12-22)20-14-6-7-15(14)21-17(23)16-5-3-4-10-19-16/h3-5,10,13-15,20H,2,6-9,11-12H2,1H3,(H,21,23)/t14-,15+/m1/s1. The first kappa shape index (κ1) is 17.7. The van der Waals surface area contributed by atoms with Crippen molar-refractivity contribution in [3.8, 4) is 0 Å². The molecule has 1 aliphatic carbocycles. The van der Waals surface area contributed by atoms with E-state index >= 15 is 0 Å². The molecule has 1 aromatic heterocycles. The van der Waals surface area contributed by atoms with Crippen molar-refractivity contribution in [2.75, 3.05) is 19.7 Å². The van der Waals surface area contributed by atoms with E-state index in [2.05, 4.69) is 15.6 Å². The minimum atomic E-state index is -0.218. The van der Waals surface area contributed by atoms with E-state index < -0.39 is 0 Å². The Morgan fingerprint density at radius 1 is 1.20 bits per heavy atom. The second kappa shape index (κ2) is 8.29. The van der Waals surface area contributed by atoms with Gasteiger partial charge in [-0.15, -0.1) is 0 Å². The van der Waals surface area contributed by atoms with Crippen LogP contribution in [0.5, 0.6) is 0 Å². The predicted molar refractivity (Wildman–Crippen MR) is 93.3 cm³/mol. The molecule has 1 aliphatic heterocycles. The molecule has 1 saturated carbocycles. The van der Waals surface area contributed by atoms with Crippen molar-refractivity contribution in [1.29, 1.82) is 0 Å². The number of nitrogens with one attached hydrogen (secondary N) is 2. The Labute approximate surface area is 148 Å². The molecule has 0 aromatic carbocycles. The van der Waals surface area contributed by atoms with E-state index in [-0.39, 0.29) is 18.0 Å². The number of ether oxygens (including phenoxy) is 1. The SMILES string of the molecule is CCOC(=O)N1CCC(N[C@@H]2CC[C@@H]2NC(=O)c2ccccn2)CC1. The van der Waals surface area contributed by atoms with Crippen LogP contribution in [0.15, 0.2) is 24.4 Å². The highest BCUT2D eigenvalue weighted by molar-refractivity contribution is 5.92. The lowest BCUT2D eigenvalue weighted by molar-refractivity contribution is 0.0836. The number of carbonyl (C=O) groups excluding carboxylic acids is 2. The smallest absolute Gasteiger partial charge is 0.409 e. The van der Waals surface area contributed by atoms with Gasteiger partial charge >= 0.3 is 6.09 Å². The fourth-order valence-electron chi connectivity index (χ4n) is 3.36. The van der Waals surface area contributed by atoms with Gasteiger partial charge in [-0.1, -0.05) is 6.07 Å². The van der Waals surface area contributed by atoms with Gasteiger partial charge in [0.1, 0.15) is 5.69 Å². The van der Waals surface area contributed by atoms with Crippen LogP contribution >= 0.6 is 0 Å². The lowest BCUT2D eigenvalue weighted by atomic mass is 9.85. The highest BCUT2D eigenvalue weighted by atomic mass is 16.6. The van der Waals surface area contributed by atoms with E-state index in [0.29, 0.717) is 37.5 Å². The van der Waals surface area contributed by atoms with Crippen molar-refractivity contribution >= 4 is 12.0 Å². The monoisotopic (exact) mass is 346 g/mol.